The van der Waals surface area contributed by atoms with E-state index in [1.165, 1.54) is 6.92 Å². The second-order valence-corrected chi connectivity index (χ2v) is 8.54. The number of rotatable bonds is 5. The van der Waals surface area contributed by atoms with Gasteiger partial charge < -0.3 is 29.7 Å². The minimum Gasteiger partial charge on any atom is -0.497 e. The zero-order valence-corrected chi connectivity index (χ0v) is 19.5. The molecule has 9 nitrogen and oxygen atoms in total. The van der Waals surface area contributed by atoms with Gasteiger partial charge in [-0.3, -0.25) is 14.4 Å². The normalized spacial score (nSPS) is 21.8. The van der Waals surface area contributed by atoms with E-state index >= 15 is 0 Å². The van der Waals surface area contributed by atoms with Crippen molar-refractivity contribution in [1.82, 2.24) is 4.90 Å². The third kappa shape index (κ3) is 5.31. The quantitative estimate of drug-likeness (QED) is 0.700. The fraction of sp³-hybridized carbons (Fsp3) is 0.400. The Morgan fingerprint density at radius 3 is 2.68 bits per heavy atom. The summed E-state index contributed by atoms with van der Waals surface area (Å²) in [6, 6.07) is 12.0. The van der Waals surface area contributed by atoms with Crippen molar-refractivity contribution in [3.05, 3.63) is 48.0 Å². The SMILES string of the molecule is COc1cccc(NC(=O)C[C@H]2CC[C@@H]3[C@H](COc4ccc(NC(C)=O)cc4C(=O)N3C)O2)c1. The molecule has 0 saturated carbocycles. The predicted octanol–water partition coefficient (Wildman–Crippen LogP) is 3.06. The van der Waals surface area contributed by atoms with Gasteiger partial charge in [-0.05, 0) is 43.2 Å². The van der Waals surface area contributed by atoms with Crippen molar-refractivity contribution in [2.75, 3.05) is 31.4 Å². The van der Waals surface area contributed by atoms with Crippen molar-refractivity contribution in [3.8, 4) is 11.5 Å². The molecule has 2 aliphatic heterocycles. The molecule has 2 aromatic carbocycles. The number of anilines is 2. The molecule has 0 bridgehead atoms. The topological polar surface area (TPSA) is 106 Å². The summed E-state index contributed by atoms with van der Waals surface area (Å²) in [6.45, 7) is 1.67. The highest BCUT2D eigenvalue weighted by molar-refractivity contribution is 5.99. The molecular weight excluding hydrogens is 438 g/mol. The van der Waals surface area contributed by atoms with Crippen molar-refractivity contribution >= 4 is 29.1 Å². The summed E-state index contributed by atoms with van der Waals surface area (Å²) in [5.74, 6) is 0.539. The molecule has 0 radical (unpaired) electrons. The van der Waals surface area contributed by atoms with Crippen LogP contribution in [0, 0.1) is 0 Å². The van der Waals surface area contributed by atoms with Gasteiger partial charge in [0, 0.05) is 31.4 Å². The fourth-order valence-electron chi connectivity index (χ4n) is 4.43. The smallest absolute Gasteiger partial charge is 0.257 e. The van der Waals surface area contributed by atoms with E-state index in [0.29, 0.717) is 41.3 Å². The second kappa shape index (κ2) is 10.1. The van der Waals surface area contributed by atoms with Crippen LogP contribution in [-0.2, 0) is 14.3 Å². The van der Waals surface area contributed by atoms with Crippen molar-refractivity contribution in [2.45, 2.75) is 44.4 Å². The number of carbonyl (C=O) groups is 3. The standard InChI is InChI=1S/C25H29N3O6/c1-15(29)26-17-7-10-22-20(12-17)25(31)28(2)21-9-8-19(34-23(21)14-33-22)13-24(30)27-16-5-4-6-18(11-16)32-3/h4-7,10-12,19,21,23H,8-9,13-14H2,1-3H3,(H,26,29)(H,27,30)/t19-,21-,23+/m1/s1. The van der Waals surface area contributed by atoms with Crippen LogP contribution in [0.4, 0.5) is 11.4 Å². The molecule has 4 rings (SSSR count). The third-order valence-electron chi connectivity index (χ3n) is 6.10. The molecule has 0 aliphatic carbocycles. The zero-order valence-electron chi connectivity index (χ0n) is 19.5. The van der Waals surface area contributed by atoms with Crippen LogP contribution in [0.3, 0.4) is 0 Å². The lowest BCUT2D eigenvalue weighted by Crippen LogP contribution is -2.53. The van der Waals surface area contributed by atoms with E-state index in [9.17, 15) is 14.4 Å². The van der Waals surface area contributed by atoms with Crippen LogP contribution < -0.4 is 20.1 Å². The van der Waals surface area contributed by atoms with E-state index in [4.69, 9.17) is 14.2 Å². The Hall–Kier alpha value is -3.59. The average molecular weight is 468 g/mol. The number of methoxy groups -OCH3 is 1. The molecule has 9 heteroatoms. The van der Waals surface area contributed by atoms with Crippen molar-refractivity contribution < 1.29 is 28.6 Å². The number of likely N-dealkylation sites (N-methyl/N-ethyl adjacent to an activating group) is 1. The van der Waals surface area contributed by atoms with E-state index in [2.05, 4.69) is 10.6 Å². The third-order valence-corrected chi connectivity index (χ3v) is 6.10. The monoisotopic (exact) mass is 467 g/mol. The molecule has 1 fully saturated rings. The molecule has 180 valence electrons. The lowest BCUT2D eigenvalue weighted by Gasteiger charge is -2.42. The van der Waals surface area contributed by atoms with Gasteiger partial charge in [-0.25, -0.2) is 0 Å². The van der Waals surface area contributed by atoms with Gasteiger partial charge in [-0.2, -0.15) is 0 Å². The number of hydrogen-bond acceptors (Lipinski definition) is 6. The van der Waals surface area contributed by atoms with E-state index in [-0.39, 0.29) is 49.0 Å². The lowest BCUT2D eigenvalue weighted by molar-refractivity contribution is -0.130. The Kier molecular flexibility index (Phi) is 7.02. The molecule has 2 N–H and O–H groups in total. The largest absolute Gasteiger partial charge is 0.497 e. The highest BCUT2D eigenvalue weighted by Crippen LogP contribution is 2.32. The van der Waals surface area contributed by atoms with Crippen LogP contribution >= 0.6 is 0 Å². The summed E-state index contributed by atoms with van der Waals surface area (Å²) in [7, 11) is 3.33. The minimum absolute atomic E-state index is 0.149. The maximum atomic E-state index is 13.2. The number of ether oxygens (including phenoxy) is 3. The first-order valence-electron chi connectivity index (χ1n) is 11.2. The number of carbonyl (C=O) groups excluding carboxylic acids is 3. The Balaban J connectivity index is 1.42. The molecule has 0 unspecified atom stereocenters. The van der Waals surface area contributed by atoms with Crippen molar-refractivity contribution in [3.63, 3.8) is 0 Å². The Labute approximate surface area is 198 Å². The van der Waals surface area contributed by atoms with Crippen LogP contribution in [-0.4, -0.2) is 61.6 Å². The average Bonchev–Trinajstić information content (AvgIpc) is 2.81. The molecule has 3 amide bonds. The van der Waals surface area contributed by atoms with Gasteiger partial charge in [-0.1, -0.05) is 6.07 Å². The van der Waals surface area contributed by atoms with Crippen LogP contribution in [0.5, 0.6) is 11.5 Å². The summed E-state index contributed by atoms with van der Waals surface area (Å²) in [5, 5.41) is 5.58. The maximum Gasteiger partial charge on any atom is 0.257 e. The molecule has 1 saturated heterocycles. The number of fused-ring (bicyclic) bond motifs is 2. The van der Waals surface area contributed by atoms with E-state index in [1.54, 1.807) is 49.4 Å². The highest BCUT2D eigenvalue weighted by atomic mass is 16.5. The number of nitrogens with zero attached hydrogens (tertiary/aromatic N) is 1. The maximum absolute atomic E-state index is 13.2. The molecule has 2 aromatic rings. The van der Waals surface area contributed by atoms with Crippen molar-refractivity contribution in [2.24, 2.45) is 0 Å². The van der Waals surface area contributed by atoms with E-state index in [0.717, 1.165) is 0 Å². The summed E-state index contributed by atoms with van der Waals surface area (Å²) < 4.78 is 17.4. The fourth-order valence-corrected chi connectivity index (χ4v) is 4.43. The van der Waals surface area contributed by atoms with Gasteiger partial charge in [0.2, 0.25) is 11.8 Å². The molecule has 3 atom stereocenters. The van der Waals surface area contributed by atoms with Gasteiger partial charge >= 0.3 is 0 Å². The first kappa shape index (κ1) is 23.6. The first-order chi connectivity index (χ1) is 16.3. The van der Waals surface area contributed by atoms with Gasteiger partial charge in [0.15, 0.2) is 0 Å². The minimum atomic E-state index is -0.361. The van der Waals surface area contributed by atoms with Crippen LogP contribution in [0.25, 0.3) is 0 Å². The molecule has 2 aliphatic rings. The van der Waals surface area contributed by atoms with Gasteiger partial charge in [-0.15, -0.1) is 0 Å². The van der Waals surface area contributed by atoms with Crippen LogP contribution in [0.1, 0.15) is 36.5 Å². The Morgan fingerprint density at radius 1 is 1.12 bits per heavy atom. The van der Waals surface area contributed by atoms with Gasteiger partial charge in [0.05, 0.1) is 31.2 Å². The molecule has 34 heavy (non-hydrogen) atoms. The lowest BCUT2D eigenvalue weighted by atomic mass is 9.94. The molecular formula is C25H29N3O6. The Morgan fingerprint density at radius 2 is 1.91 bits per heavy atom. The molecule has 0 aromatic heterocycles. The summed E-state index contributed by atoms with van der Waals surface area (Å²) in [5.41, 5.74) is 1.59. The summed E-state index contributed by atoms with van der Waals surface area (Å²) >= 11 is 0. The van der Waals surface area contributed by atoms with Crippen LogP contribution in [0.2, 0.25) is 0 Å². The molecule has 0 spiro atoms. The van der Waals surface area contributed by atoms with Gasteiger partial charge in [0.25, 0.3) is 5.91 Å². The predicted molar refractivity (Wildman–Crippen MR) is 126 cm³/mol. The Bertz CT molecular complexity index is 1090. The van der Waals surface area contributed by atoms with Gasteiger partial charge in [0.1, 0.15) is 24.2 Å². The number of amides is 3. The summed E-state index contributed by atoms with van der Waals surface area (Å²) in [4.78, 5) is 38.9. The summed E-state index contributed by atoms with van der Waals surface area (Å²) in [6.07, 6.45) is 0.895. The van der Waals surface area contributed by atoms with E-state index < -0.39 is 0 Å². The first-order valence-corrected chi connectivity index (χ1v) is 11.2. The number of nitrogens with one attached hydrogen (secondary N) is 2. The zero-order chi connectivity index (χ0) is 24.2. The molecule has 2 heterocycles. The van der Waals surface area contributed by atoms with Crippen LogP contribution in [0.15, 0.2) is 42.5 Å². The van der Waals surface area contributed by atoms with Crippen molar-refractivity contribution in [1.29, 1.82) is 0 Å². The van der Waals surface area contributed by atoms with E-state index in [1.807, 2.05) is 12.1 Å². The highest BCUT2D eigenvalue weighted by Gasteiger charge is 2.39. The number of hydrogen-bond donors (Lipinski definition) is 2. The number of benzene rings is 2. The second-order valence-electron chi connectivity index (χ2n) is 8.54.